The van der Waals surface area contributed by atoms with E-state index >= 15 is 0 Å². The molecule has 3 nitrogen and oxygen atoms in total. The number of carboxylic acids is 1. The summed E-state index contributed by atoms with van der Waals surface area (Å²) in [7, 11) is 0. The van der Waals surface area contributed by atoms with Gasteiger partial charge in [-0.3, -0.25) is 0 Å². The molecule has 2 aliphatic carbocycles. The zero-order valence-corrected chi connectivity index (χ0v) is 14.1. The maximum Gasteiger partial charge on any atom is 0.337 e. The Kier molecular flexibility index (Phi) is 3.36. The molecule has 5 heteroatoms. The third kappa shape index (κ3) is 2.12. The molecule has 3 aliphatic rings. The van der Waals surface area contributed by atoms with E-state index in [1.165, 1.54) is 12.1 Å². The minimum absolute atomic E-state index is 0.213. The maximum absolute atomic E-state index is 14.6. The van der Waals surface area contributed by atoms with Gasteiger partial charge in [-0.1, -0.05) is 18.2 Å². The molecular weight excluding hydrogens is 336 g/mol. The number of nitrogens with one attached hydrogen (secondary N) is 1. The number of fused-ring (bicyclic) bond motifs is 7. The number of aromatic carboxylic acids is 1. The first kappa shape index (κ1) is 15.8. The van der Waals surface area contributed by atoms with Gasteiger partial charge in [-0.05, 0) is 60.6 Å². The highest BCUT2D eigenvalue weighted by molar-refractivity contribution is 5.95. The summed E-state index contributed by atoms with van der Waals surface area (Å²) < 4.78 is 28.0. The average Bonchev–Trinajstić information content (AvgIpc) is 3.23. The Labute approximate surface area is 150 Å². The molecule has 2 saturated carbocycles. The second-order valence-corrected chi connectivity index (χ2v) is 7.80. The molecule has 2 bridgehead atoms. The van der Waals surface area contributed by atoms with Gasteiger partial charge in [-0.2, -0.15) is 0 Å². The quantitative estimate of drug-likeness (QED) is 0.800. The van der Waals surface area contributed by atoms with Crippen LogP contribution in [0.3, 0.4) is 0 Å². The predicted molar refractivity (Wildman–Crippen MR) is 93.2 cm³/mol. The van der Waals surface area contributed by atoms with Gasteiger partial charge in [-0.15, -0.1) is 0 Å². The van der Waals surface area contributed by atoms with E-state index < -0.39 is 17.6 Å². The average molecular weight is 355 g/mol. The summed E-state index contributed by atoms with van der Waals surface area (Å²) in [5, 5.41) is 12.9. The molecule has 0 radical (unpaired) electrons. The fourth-order valence-corrected chi connectivity index (χ4v) is 5.75. The number of anilines is 1. The molecule has 0 saturated heterocycles. The third-order valence-corrected chi connectivity index (χ3v) is 6.65. The highest BCUT2D eigenvalue weighted by Gasteiger charge is 2.54. The van der Waals surface area contributed by atoms with Crippen LogP contribution in [0.25, 0.3) is 0 Å². The normalized spacial score (nSPS) is 31.2. The van der Waals surface area contributed by atoms with Crippen LogP contribution in [0.5, 0.6) is 0 Å². The highest BCUT2D eigenvalue weighted by atomic mass is 19.1. The van der Waals surface area contributed by atoms with Gasteiger partial charge in [0.1, 0.15) is 11.6 Å². The Morgan fingerprint density at radius 3 is 2.65 bits per heavy atom. The number of carboxylic acid groups (broad SMARTS) is 1. The van der Waals surface area contributed by atoms with Gasteiger partial charge in [0.2, 0.25) is 0 Å². The summed E-state index contributed by atoms with van der Waals surface area (Å²) in [5.41, 5.74) is 2.29. The lowest BCUT2D eigenvalue weighted by molar-refractivity contribution is 0.0697. The summed E-state index contributed by atoms with van der Waals surface area (Å²) in [5.74, 6) is -0.703. The van der Waals surface area contributed by atoms with Crippen LogP contribution in [0, 0.1) is 29.4 Å². The second-order valence-electron chi connectivity index (χ2n) is 7.80. The van der Waals surface area contributed by atoms with Crippen molar-refractivity contribution in [2.75, 3.05) is 5.32 Å². The van der Waals surface area contributed by atoms with E-state index in [2.05, 4.69) is 5.32 Å². The smallest absolute Gasteiger partial charge is 0.337 e. The minimum Gasteiger partial charge on any atom is -0.478 e. The molecule has 0 amide bonds. The van der Waals surface area contributed by atoms with Crippen molar-refractivity contribution in [1.82, 2.24) is 0 Å². The summed E-state index contributed by atoms with van der Waals surface area (Å²) in [6.45, 7) is 0. The Hall–Kier alpha value is -2.43. The van der Waals surface area contributed by atoms with Crippen molar-refractivity contribution >= 4 is 11.7 Å². The first-order valence-electron chi connectivity index (χ1n) is 9.12. The number of halogens is 2. The molecule has 2 aromatic carbocycles. The SMILES string of the molecule is O=C(O)c1cccc2c1N[C@H](c1ccc(F)cc1F)[C@H]1[C@H]3CC[C@@H](C3)[C@@H]21. The Morgan fingerprint density at radius 2 is 1.88 bits per heavy atom. The van der Waals surface area contributed by atoms with Gasteiger partial charge in [0.15, 0.2) is 0 Å². The summed E-state index contributed by atoms with van der Waals surface area (Å²) in [4.78, 5) is 11.7. The van der Waals surface area contributed by atoms with Crippen LogP contribution < -0.4 is 5.32 Å². The van der Waals surface area contributed by atoms with Gasteiger partial charge >= 0.3 is 5.97 Å². The lowest BCUT2D eigenvalue weighted by Crippen LogP contribution is -2.36. The molecule has 1 heterocycles. The zero-order valence-electron chi connectivity index (χ0n) is 14.1. The number of rotatable bonds is 2. The standard InChI is InChI=1S/C21H19F2NO2/c22-12-6-7-13(16(23)9-12)20-18-11-5-4-10(8-11)17(18)14-2-1-3-15(21(25)26)19(14)24-20/h1-3,6-7,9-11,17-18,20,24H,4-5,8H2,(H,25,26)/t10-,11-,17-,18-,20+/m0/s1. The van der Waals surface area contributed by atoms with Crippen molar-refractivity contribution < 1.29 is 18.7 Å². The predicted octanol–water partition coefficient (Wildman–Crippen LogP) is 4.96. The van der Waals surface area contributed by atoms with Crippen LogP contribution >= 0.6 is 0 Å². The third-order valence-electron chi connectivity index (χ3n) is 6.65. The molecule has 0 unspecified atom stereocenters. The maximum atomic E-state index is 14.6. The molecule has 26 heavy (non-hydrogen) atoms. The van der Waals surface area contributed by atoms with Crippen molar-refractivity contribution in [3.63, 3.8) is 0 Å². The second kappa shape index (κ2) is 5.53. The first-order valence-corrected chi connectivity index (χ1v) is 9.12. The van der Waals surface area contributed by atoms with Gasteiger partial charge in [0.05, 0.1) is 17.3 Å². The Bertz CT molecular complexity index is 913. The molecule has 5 rings (SSSR count). The van der Waals surface area contributed by atoms with Crippen LogP contribution in [0.4, 0.5) is 14.5 Å². The van der Waals surface area contributed by atoms with E-state index in [1.807, 2.05) is 6.07 Å². The van der Waals surface area contributed by atoms with Crippen molar-refractivity contribution in [3.8, 4) is 0 Å². The topological polar surface area (TPSA) is 49.3 Å². The van der Waals surface area contributed by atoms with E-state index in [0.717, 1.165) is 30.9 Å². The number of benzene rings is 2. The largest absolute Gasteiger partial charge is 0.478 e. The molecule has 0 spiro atoms. The number of hydrogen-bond acceptors (Lipinski definition) is 2. The zero-order chi connectivity index (χ0) is 18.0. The van der Waals surface area contributed by atoms with E-state index in [-0.39, 0.29) is 23.4 Å². The lowest BCUT2D eigenvalue weighted by Gasteiger charge is -2.44. The van der Waals surface area contributed by atoms with Crippen LogP contribution in [0.15, 0.2) is 36.4 Å². The lowest BCUT2D eigenvalue weighted by atomic mass is 9.67. The van der Waals surface area contributed by atoms with Gasteiger partial charge < -0.3 is 10.4 Å². The molecule has 2 fully saturated rings. The molecule has 134 valence electrons. The van der Waals surface area contributed by atoms with E-state index in [1.54, 1.807) is 12.1 Å². The molecule has 0 aromatic heterocycles. The highest BCUT2D eigenvalue weighted by Crippen LogP contribution is 2.64. The Morgan fingerprint density at radius 1 is 1.08 bits per heavy atom. The van der Waals surface area contributed by atoms with Crippen molar-refractivity contribution in [3.05, 3.63) is 64.7 Å². The number of carbonyl (C=O) groups is 1. The van der Waals surface area contributed by atoms with Crippen LogP contribution in [-0.2, 0) is 0 Å². The molecule has 5 atom stereocenters. The van der Waals surface area contributed by atoms with Crippen molar-refractivity contribution in [1.29, 1.82) is 0 Å². The Balaban J connectivity index is 1.69. The first-order chi connectivity index (χ1) is 12.5. The van der Waals surface area contributed by atoms with Gasteiger partial charge in [0, 0.05) is 11.6 Å². The summed E-state index contributed by atoms with van der Waals surface area (Å²) >= 11 is 0. The van der Waals surface area contributed by atoms with Crippen molar-refractivity contribution in [2.45, 2.75) is 31.2 Å². The fourth-order valence-electron chi connectivity index (χ4n) is 5.75. The van der Waals surface area contributed by atoms with Crippen molar-refractivity contribution in [2.24, 2.45) is 17.8 Å². The van der Waals surface area contributed by atoms with Crippen LogP contribution in [-0.4, -0.2) is 11.1 Å². The molecule has 2 N–H and O–H groups in total. The van der Waals surface area contributed by atoms with E-state index in [4.69, 9.17) is 0 Å². The minimum atomic E-state index is -0.991. The molecular formula is C21H19F2NO2. The van der Waals surface area contributed by atoms with E-state index in [9.17, 15) is 18.7 Å². The summed E-state index contributed by atoms with van der Waals surface area (Å²) in [6, 6.07) is 8.75. The van der Waals surface area contributed by atoms with Crippen LogP contribution in [0.2, 0.25) is 0 Å². The van der Waals surface area contributed by atoms with Gasteiger partial charge in [0.25, 0.3) is 0 Å². The number of para-hydroxylation sites is 1. The van der Waals surface area contributed by atoms with E-state index in [0.29, 0.717) is 23.1 Å². The molecule has 1 aliphatic heterocycles. The monoisotopic (exact) mass is 355 g/mol. The molecule has 2 aromatic rings. The summed E-state index contributed by atoms with van der Waals surface area (Å²) in [6.07, 6.45) is 3.37. The number of hydrogen-bond donors (Lipinski definition) is 2. The fraction of sp³-hybridized carbons (Fsp3) is 0.381. The van der Waals surface area contributed by atoms with Gasteiger partial charge in [-0.25, -0.2) is 13.6 Å². The van der Waals surface area contributed by atoms with Crippen LogP contribution in [0.1, 0.15) is 52.7 Å².